The highest BCUT2D eigenvalue weighted by Gasteiger charge is 2.15. The first-order valence-electron chi connectivity index (χ1n) is 8.84. The zero-order valence-electron chi connectivity index (χ0n) is 15.3. The maximum atomic E-state index is 9.12. The molecule has 0 unspecified atom stereocenters. The van der Waals surface area contributed by atoms with Gasteiger partial charge in [0.25, 0.3) is 0 Å². The predicted molar refractivity (Wildman–Crippen MR) is 112 cm³/mol. The third-order valence-electron chi connectivity index (χ3n) is 4.35. The highest BCUT2D eigenvalue weighted by Crippen LogP contribution is 2.37. The number of aromatic nitrogens is 2. The first kappa shape index (κ1) is 18.1. The Labute approximate surface area is 167 Å². The first-order chi connectivity index (χ1) is 13.8. The number of nitriles is 1. The van der Waals surface area contributed by atoms with Gasteiger partial charge in [-0.1, -0.05) is 42.5 Å². The second kappa shape index (κ2) is 8.17. The molecule has 5 nitrogen and oxygen atoms in total. The molecule has 0 atom stereocenters. The second-order valence-electron chi connectivity index (χ2n) is 6.28. The van der Waals surface area contributed by atoms with E-state index in [1.807, 2.05) is 36.4 Å². The van der Waals surface area contributed by atoms with Gasteiger partial charge in [-0.25, -0.2) is 9.97 Å². The molecule has 6 heteroatoms. The van der Waals surface area contributed by atoms with E-state index in [2.05, 4.69) is 33.9 Å². The molecule has 138 valence electrons. The Bertz CT molecular complexity index is 1150. The third kappa shape index (κ3) is 3.72. The highest BCUT2D eigenvalue weighted by atomic mass is 32.1. The smallest absolute Gasteiger partial charge is 0.158 e. The van der Waals surface area contributed by atoms with Crippen LogP contribution < -0.4 is 5.32 Å². The van der Waals surface area contributed by atoms with Gasteiger partial charge in [0.2, 0.25) is 0 Å². The lowest BCUT2D eigenvalue weighted by Gasteiger charge is -2.11. The van der Waals surface area contributed by atoms with E-state index >= 15 is 0 Å². The fourth-order valence-electron chi connectivity index (χ4n) is 3.07. The van der Waals surface area contributed by atoms with Crippen molar-refractivity contribution in [3.8, 4) is 17.2 Å². The Morgan fingerprint density at radius 2 is 1.96 bits per heavy atom. The molecular weight excluding hydrogens is 368 g/mol. The number of methoxy groups -OCH3 is 1. The minimum Gasteiger partial charge on any atom is -0.377 e. The predicted octanol–water partition coefficient (Wildman–Crippen LogP) is 4.99. The fourth-order valence-corrected chi connectivity index (χ4v) is 4.04. The molecule has 0 aliphatic carbocycles. The Morgan fingerprint density at radius 3 is 2.75 bits per heavy atom. The van der Waals surface area contributed by atoms with Gasteiger partial charge in [-0.3, -0.25) is 0 Å². The number of hydrogen-bond donors (Lipinski definition) is 1. The van der Waals surface area contributed by atoms with Crippen LogP contribution in [0.15, 0.2) is 60.0 Å². The van der Waals surface area contributed by atoms with Crippen molar-refractivity contribution in [2.75, 3.05) is 12.4 Å². The van der Waals surface area contributed by atoms with E-state index < -0.39 is 0 Å². The molecular formula is C22H18N4OS. The topological polar surface area (TPSA) is 70.8 Å². The lowest BCUT2D eigenvalue weighted by molar-refractivity contribution is 0.178. The Kier molecular flexibility index (Phi) is 5.29. The summed E-state index contributed by atoms with van der Waals surface area (Å²) in [5.41, 5.74) is 3.91. The minimum absolute atomic E-state index is 0.354. The van der Waals surface area contributed by atoms with Crippen molar-refractivity contribution in [1.82, 2.24) is 9.97 Å². The zero-order valence-corrected chi connectivity index (χ0v) is 16.2. The van der Waals surface area contributed by atoms with Crippen molar-refractivity contribution in [1.29, 1.82) is 5.26 Å². The van der Waals surface area contributed by atoms with Gasteiger partial charge in [0.1, 0.15) is 17.3 Å². The summed E-state index contributed by atoms with van der Waals surface area (Å²) < 4.78 is 5.23. The van der Waals surface area contributed by atoms with E-state index in [9.17, 15) is 0 Å². The van der Waals surface area contributed by atoms with Gasteiger partial charge in [0, 0.05) is 24.6 Å². The van der Waals surface area contributed by atoms with E-state index in [0.29, 0.717) is 24.5 Å². The Morgan fingerprint density at radius 1 is 1.11 bits per heavy atom. The Balaban J connectivity index is 1.75. The van der Waals surface area contributed by atoms with E-state index in [4.69, 9.17) is 15.0 Å². The number of anilines is 1. The van der Waals surface area contributed by atoms with Crippen molar-refractivity contribution in [3.05, 3.63) is 76.9 Å². The molecule has 1 N–H and O–H groups in total. The van der Waals surface area contributed by atoms with Crippen LogP contribution in [-0.2, 0) is 17.9 Å². The first-order valence-corrected chi connectivity index (χ1v) is 9.72. The summed E-state index contributed by atoms with van der Waals surface area (Å²) in [5.74, 6) is 1.42. The van der Waals surface area contributed by atoms with E-state index in [0.717, 1.165) is 32.7 Å². The minimum atomic E-state index is 0.354. The van der Waals surface area contributed by atoms with Crippen molar-refractivity contribution >= 4 is 27.4 Å². The van der Waals surface area contributed by atoms with Crippen LogP contribution in [0.3, 0.4) is 0 Å². The summed E-state index contributed by atoms with van der Waals surface area (Å²) in [6.45, 7) is 0.922. The number of ether oxygens (including phenoxy) is 1. The van der Waals surface area contributed by atoms with Crippen molar-refractivity contribution in [2.45, 2.75) is 13.2 Å². The van der Waals surface area contributed by atoms with Crippen LogP contribution in [0.25, 0.3) is 21.3 Å². The fraction of sp³-hybridized carbons (Fsp3) is 0.136. The summed E-state index contributed by atoms with van der Waals surface area (Å²) in [5, 5.41) is 15.7. The summed E-state index contributed by atoms with van der Waals surface area (Å²) in [6, 6.07) is 20.0. The van der Waals surface area contributed by atoms with E-state index in [-0.39, 0.29) is 0 Å². The van der Waals surface area contributed by atoms with Gasteiger partial charge in [-0.2, -0.15) is 5.26 Å². The molecule has 0 saturated heterocycles. The lowest BCUT2D eigenvalue weighted by Crippen LogP contribution is -2.06. The number of rotatable bonds is 6. The average molecular weight is 386 g/mol. The van der Waals surface area contributed by atoms with Gasteiger partial charge >= 0.3 is 0 Å². The maximum absolute atomic E-state index is 9.12. The number of hydrogen-bond acceptors (Lipinski definition) is 6. The molecule has 0 aliphatic rings. The highest BCUT2D eigenvalue weighted by molar-refractivity contribution is 7.17. The van der Waals surface area contributed by atoms with Crippen LogP contribution in [-0.4, -0.2) is 17.1 Å². The van der Waals surface area contributed by atoms with Crippen molar-refractivity contribution < 1.29 is 4.74 Å². The van der Waals surface area contributed by atoms with Crippen LogP contribution in [0.5, 0.6) is 0 Å². The molecule has 28 heavy (non-hydrogen) atoms. The largest absolute Gasteiger partial charge is 0.377 e. The standard InChI is InChI=1S/C22H18N4OS/c1-27-13-19-25-21(24-12-16-7-5-6-15(10-16)11-23)20-18(14-28-22(20)26-19)17-8-3-2-4-9-17/h2-10,14H,12-13H2,1H3,(H,24,25,26). The maximum Gasteiger partial charge on any atom is 0.158 e. The summed E-state index contributed by atoms with van der Waals surface area (Å²) in [4.78, 5) is 10.3. The van der Waals surface area contributed by atoms with Crippen LogP contribution in [0, 0.1) is 11.3 Å². The van der Waals surface area contributed by atoms with Crippen LogP contribution in [0.2, 0.25) is 0 Å². The van der Waals surface area contributed by atoms with Gasteiger partial charge in [0.15, 0.2) is 5.82 Å². The number of benzene rings is 2. The van der Waals surface area contributed by atoms with Crippen LogP contribution in [0.1, 0.15) is 17.0 Å². The summed E-state index contributed by atoms with van der Waals surface area (Å²) in [7, 11) is 1.64. The lowest BCUT2D eigenvalue weighted by atomic mass is 10.1. The monoisotopic (exact) mass is 386 g/mol. The molecule has 0 radical (unpaired) electrons. The summed E-state index contributed by atoms with van der Waals surface area (Å²) in [6.07, 6.45) is 0. The molecule has 2 heterocycles. The van der Waals surface area contributed by atoms with Crippen molar-refractivity contribution in [3.63, 3.8) is 0 Å². The molecule has 4 rings (SSSR count). The molecule has 0 fully saturated rings. The normalized spacial score (nSPS) is 10.7. The van der Waals surface area contributed by atoms with E-state index in [1.54, 1.807) is 24.5 Å². The van der Waals surface area contributed by atoms with Gasteiger partial charge < -0.3 is 10.1 Å². The molecule has 2 aromatic heterocycles. The molecule has 0 aliphatic heterocycles. The molecule has 0 saturated carbocycles. The molecule has 2 aromatic carbocycles. The van der Waals surface area contributed by atoms with Gasteiger partial charge in [-0.05, 0) is 23.3 Å². The van der Waals surface area contributed by atoms with Gasteiger partial charge in [0.05, 0.1) is 17.0 Å². The number of fused-ring (bicyclic) bond motifs is 1. The second-order valence-corrected chi connectivity index (χ2v) is 7.14. The van der Waals surface area contributed by atoms with Crippen LogP contribution >= 0.6 is 11.3 Å². The van der Waals surface area contributed by atoms with E-state index in [1.165, 1.54) is 0 Å². The average Bonchev–Trinajstić information content (AvgIpc) is 3.17. The number of nitrogens with zero attached hydrogens (tertiary/aromatic N) is 3. The summed E-state index contributed by atoms with van der Waals surface area (Å²) >= 11 is 1.60. The van der Waals surface area contributed by atoms with Crippen LogP contribution in [0.4, 0.5) is 5.82 Å². The third-order valence-corrected chi connectivity index (χ3v) is 5.23. The number of nitrogens with one attached hydrogen (secondary N) is 1. The zero-order chi connectivity index (χ0) is 19.3. The SMILES string of the molecule is COCc1nc(NCc2cccc(C#N)c2)c2c(-c3ccccc3)csc2n1. The van der Waals surface area contributed by atoms with Crippen molar-refractivity contribution in [2.24, 2.45) is 0 Å². The molecule has 0 bridgehead atoms. The quantitative estimate of drug-likeness (QED) is 0.505. The molecule has 0 amide bonds. The molecule has 4 aromatic rings. The van der Waals surface area contributed by atoms with Gasteiger partial charge in [-0.15, -0.1) is 11.3 Å². The number of thiophene rings is 1. The Hall–Kier alpha value is -3.27. The molecule has 0 spiro atoms.